The molecule has 21 heavy (non-hydrogen) atoms. The SMILES string of the molecule is CCCCC(CCC)NS(=O)(=O)c1cc(CNC)oc1Br. The highest BCUT2D eigenvalue weighted by Crippen LogP contribution is 2.26. The number of rotatable bonds is 10. The molecule has 0 saturated heterocycles. The van der Waals surface area contributed by atoms with E-state index in [2.05, 4.69) is 39.8 Å². The molecule has 0 aromatic carbocycles. The summed E-state index contributed by atoms with van der Waals surface area (Å²) >= 11 is 3.19. The quantitative estimate of drug-likeness (QED) is 0.652. The van der Waals surface area contributed by atoms with E-state index in [1.807, 2.05) is 0 Å². The summed E-state index contributed by atoms with van der Waals surface area (Å²) in [7, 11) is -1.78. The fourth-order valence-electron chi connectivity index (χ4n) is 2.19. The highest BCUT2D eigenvalue weighted by atomic mass is 79.9. The summed E-state index contributed by atoms with van der Waals surface area (Å²) in [6, 6.07) is 1.54. The summed E-state index contributed by atoms with van der Waals surface area (Å²) in [5.41, 5.74) is 0. The summed E-state index contributed by atoms with van der Waals surface area (Å²) in [6.45, 7) is 4.66. The molecule has 1 unspecified atom stereocenters. The molecule has 0 fully saturated rings. The highest BCUT2D eigenvalue weighted by Gasteiger charge is 2.25. The second-order valence-corrected chi connectivity index (χ2v) is 7.53. The molecule has 0 bridgehead atoms. The smallest absolute Gasteiger partial charge is 0.245 e. The van der Waals surface area contributed by atoms with Gasteiger partial charge in [0.25, 0.3) is 0 Å². The van der Waals surface area contributed by atoms with Crippen LogP contribution in [-0.2, 0) is 16.6 Å². The summed E-state index contributed by atoms with van der Waals surface area (Å²) in [5.74, 6) is 0.588. The number of unbranched alkanes of at least 4 members (excludes halogenated alkanes) is 1. The molecule has 1 aromatic rings. The van der Waals surface area contributed by atoms with Crippen LogP contribution in [0, 0.1) is 0 Å². The van der Waals surface area contributed by atoms with Gasteiger partial charge in [0, 0.05) is 12.1 Å². The maximum Gasteiger partial charge on any atom is 0.245 e. The first-order chi connectivity index (χ1) is 9.94. The third-order valence-corrected chi connectivity index (χ3v) is 5.59. The molecule has 0 radical (unpaired) electrons. The lowest BCUT2D eigenvalue weighted by atomic mass is 10.1. The number of furan rings is 1. The Labute approximate surface area is 136 Å². The summed E-state index contributed by atoms with van der Waals surface area (Å²) < 4.78 is 33.5. The third-order valence-electron chi connectivity index (χ3n) is 3.21. The minimum atomic E-state index is -3.56. The molecule has 1 aromatic heterocycles. The van der Waals surface area contributed by atoms with Crippen LogP contribution in [0.2, 0.25) is 0 Å². The van der Waals surface area contributed by atoms with Crippen LogP contribution in [0.3, 0.4) is 0 Å². The molecule has 2 N–H and O–H groups in total. The lowest BCUT2D eigenvalue weighted by molar-refractivity contribution is 0.466. The van der Waals surface area contributed by atoms with Crippen molar-refractivity contribution in [3.8, 4) is 0 Å². The van der Waals surface area contributed by atoms with Gasteiger partial charge in [-0.2, -0.15) is 0 Å². The van der Waals surface area contributed by atoms with Gasteiger partial charge in [-0.25, -0.2) is 13.1 Å². The molecule has 1 heterocycles. The van der Waals surface area contributed by atoms with Gasteiger partial charge in [-0.3, -0.25) is 0 Å². The second-order valence-electron chi connectivity index (χ2n) is 5.13. The second kappa shape index (κ2) is 8.92. The van der Waals surface area contributed by atoms with E-state index in [0.717, 1.165) is 32.1 Å². The van der Waals surface area contributed by atoms with Crippen LogP contribution in [0.25, 0.3) is 0 Å². The number of hydrogen-bond acceptors (Lipinski definition) is 4. The molecule has 0 aliphatic carbocycles. The van der Waals surface area contributed by atoms with Gasteiger partial charge >= 0.3 is 0 Å². The average Bonchev–Trinajstić information content (AvgIpc) is 2.78. The van der Waals surface area contributed by atoms with Gasteiger partial charge in [-0.1, -0.05) is 33.1 Å². The van der Waals surface area contributed by atoms with Gasteiger partial charge in [0.15, 0.2) is 4.67 Å². The van der Waals surface area contributed by atoms with Crippen molar-refractivity contribution in [1.82, 2.24) is 10.0 Å². The number of halogens is 1. The number of nitrogens with one attached hydrogen (secondary N) is 2. The third kappa shape index (κ3) is 5.73. The minimum absolute atomic E-state index is 0.0190. The predicted octanol–water partition coefficient (Wildman–Crippen LogP) is 3.40. The van der Waals surface area contributed by atoms with E-state index < -0.39 is 10.0 Å². The lowest BCUT2D eigenvalue weighted by Gasteiger charge is -2.17. The van der Waals surface area contributed by atoms with E-state index in [0.29, 0.717) is 12.3 Å². The number of sulfonamides is 1. The highest BCUT2D eigenvalue weighted by molar-refractivity contribution is 9.10. The van der Waals surface area contributed by atoms with Crippen molar-refractivity contribution in [2.75, 3.05) is 7.05 Å². The maximum atomic E-state index is 12.5. The fourth-order valence-corrected chi connectivity index (χ4v) is 4.49. The standard InChI is InChI=1S/C14H25BrN2O3S/c1-4-6-8-11(7-5-2)17-21(18,19)13-9-12(10-16-3)20-14(13)15/h9,11,16-17H,4-8,10H2,1-3H3. The van der Waals surface area contributed by atoms with E-state index in [1.54, 1.807) is 13.1 Å². The van der Waals surface area contributed by atoms with Crippen molar-refractivity contribution in [2.45, 2.75) is 63.4 Å². The molecule has 7 heteroatoms. The van der Waals surface area contributed by atoms with Crippen molar-refractivity contribution in [3.63, 3.8) is 0 Å². The van der Waals surface area contributed by atoms with Crippen LogP contribution in [0.15, 0.2) is 20.0 Å². The van der Waals surface area contributed by atoms with Gasteiger partial charge in [-0.05, 0) is 35.8 Å². The Morgan fingerprint density at radius 3 is 2.57 bits per heavy atom. The first-order valence-electron chi connectivity index (χ1n) is 7.39. The molecule has 122 valence electrons. The van der Waals surface area contributed by atoms with E-state index in [-0.39, 0.29) is 15.6 Å². The zero-order valence-electron chi connectivity index (χ0n) is 12.9. The molecular weight excluding hydrogens is 356 g/mol. The fraction of sp³-hybridized carbons (Fsp3) is 0.714. The molecule has 1 rings (SSSR count). The maximum absolute atomic E-state index is 12.5. The van der Waals surface area contributed by atoms with Crippen molar-refractivity contribution in [3.05, 3.63) is 16.5 Å². The van der Waals surface area contributed by atoms with Gasteiger partial charge < -0.3 is 9.73 Å². The molecule has 0 saturated carbocycles. The van der Waals surface area contributed by atoms with Gasteiger partial charge in [0.05, 0.1) is 6.54 Å². The minimum Gasteiger partial charge on any atom is -0.452 e. The van der Waals surface area contributed by atoms with Crippen molar-refractivity contribution < 1.29 is 12.8 Å². The summed E-state index contributed by atoms with van der Waals surface area (Å²) in [6.07, 6.45) is 4.74. The summed E-state index contributed by atoms with van der Waals surface area (Å²) in [5, 5.41) is 2.94. The Bertz CT molecular complexity index is 528. The lowest BCUT2D eigenvalue weighted by Crippen LogP contribution is -2.34. The number of hydrogen-bond donors (Lipinski definition) is 2. The van der Waals surface area contributed by atoms with Gasteiger partial charge in [0.1, 0.15) is 10.7 Å². The van der Waals surface area contributed by atoms with Crippen LogP contribution >= 0.6 is 15.9 Å². The largest absolute Gasteiger partial charge is 0.452 e. The molecule has 0 amide bonds. The van der Waals surface area contributed by atoms with Crippen LogP contribution in [0.4, 0.5) is 0 Å². The Balaban J connectivity index is 2.87. The normalized spacial score (nSPS) is 13.5. The zero-order valence-corrected chi connectivity index (χ0v) is 15.3. The molecule has 1 atom stereocenters. The van der Waals surface area contributed by atoms with Crippen molar-refractivity contribution in [1.29, 1.82) is 0 Å². The molecule has 5 nitrogen and oxygen atoms in total. The first kappa shape index (κ1) is 18.7. The molecular formula is C14H25BrN2O3S. The van der Waals surface area contributed by atoms with Crippen LogP contribution in [-0.4, -0.2) is 21.5 Å². The van der Waals surface area contributed by atoms with E-state index >= 15 is 0 Å². The van der Waals surface area contributed by atoms with Crippen LogP contribution < -0.4 is 10.0 Å². The molecule has 0 aliphatic rings. The van der Waals surface area contributed by atoms with Gasteiger partial charge in [0.2, 0.25) is 10.0 Å². The summed E-state index contributed by atoms with van der Waals surface area (Å²) in [4.78, 5) is 0.172. The van der Waals surface area contributed by atoms with Crippen LogP contribution in [0.1, 0.15) is 51.7 Å². The van der Waals surface area contributed by atoms with Crippen molar-refractivity contribution >= 4 is 26.0 Å². The van der Waals surface area contributed by atoms with Gasteiger partial charge in [-0.15, -0.1) is 0 Å². The topological polar surface area (TPSA) is 71.3 Å². The monoisotopic (exact) mass is 380 g/mol. The van der Waals surface area contributed by atoms with E-state index in [1.165, 1.54) is 0 Å². The predicted molar refractivity (Wildman–Crippen MR) is 87.7 cm³/mol. The first-order valence-corrected chi connectivity index (χ1v) is 9.67. The molecule has 0 spiro atoms. The Kier molecular flexibility index (Phi) is 7.94. The van der Waals surface area contributed by atoms with Crippen molar-refractivity contribution in [2.24, 2.45) is 0 Å². The van der Waals surface area contributed by atoms with E-state index in [4.69, 9.17) is 4.42 Å². The average molecular weight is 381 g/mol. The Hall–Kier alpha value is -0.370. The zero-order chi connectivity index (χ0) is 15.9. The Morgan fingerprint density at radius 2 is 2.00 bits per heavy atom. The molecule has 0 aliphatic heterocycles. The van der Waals surface area contributed by atoms with Crippen LogP contribution in [0.5, 0.6) is 0 Å². The van der Waals surface area contributed by atoms with E-state index in [9.17, 15) is 8.42 Å². The Morgan fingerprint density at radius 1 is 1.29 bits per heavy atom.